The van der Waals surface area contributed by atoms with Crippen molar-refractivity contribution in [3.05, 3.63) is 64.6 Å². The van der Waals surface area contributed by atoms with Crippen molar-refractivity contribution in [3.63, 3.8) is 0 Å². The number of ether oxygens (including phenoxy) is 1. The van der Waals surface area contributed by atoms with E-state index in [4.69, 9.17) is 16.3 Å². The van der Waals surface area contributed by atoms with Gasteiger partial charge in [-0.3, -0.25) is 0 Å². The molecule has 0 aliphatic carbocycles. The second-order valence-electron chi connectivity index (χ2n) is 4.33. The lowest BCUT2D eigenvalue weighted by molar-refractivity contribution is 0.464. The van der Waals surface area contributed by atoms with E-state index in [1.54, 1.807) is 0 Å². The number of aromatic nitrogens is 1. The molecule has 0 atom stereocenters. The lowest BCUT2D eigenvalue weighted by Gasteiger charge is -2.09. The molecule has 0 aliphatic heterocycles. The van der Waals surface area contributed by atoms with Crippen LogP contribution in [0.2, 0.25) is 0 Å². The molecule has 4 heteroatoms. The summed E-state index contributed by atoms with van der Waals surface area (Å²) < 4.78 is 6.81. The smallest absolute Gasteiger partial charge is 0.220 e. The largest absolute Gasteiger partial charge is 0.439 e. The average Bonchev–Trinajstić information content (AvgIpc) is 2.49. The molecule has 0 unspecified atom stereocenters. The van der Waals surface area contributed by atoms with Crippen LogP contribution in [-0.2, 0) is 5.88 Å². The first-order valence-corrected chi connectivity index (χ1v) is 7.47. The third-order valence-corrected chi connectivity index (χ3v) is 3.77. The number of halogens is 2. The van der Waals surface area contributed by atoms with E-state index >= 15 is 0 Å². The Morgan fingerprint density at radius 2 is 1.80 bits per heavy atom. The number of fused-ring (bicyclic) bond motifs is 1. The quantitative estimate of drug-likeness (QED) is 0.581. The van der Waals surface area contributed by atoms with E-state index < -0.39 is 0 Å². The van der Waals surface area contributed by atoms with Gasteiger partial charge in [0.2, 0.25) is 5.88 Å². The minimum atomic E-state index is 0.430. The predicted molar refractivity (Wildman–Crippen MR) is 85.5 cm³/mol. The van der Waals surface area contributed by atoms with Gasteiger partial charge in [0, 0.05) is 21.8 Å². The van der Waals surface area contributed by atoms with Crippen molar-refractivity contribution < 1.29 is 4.74 Å². The normalized spacial score (nSPS) is 10.7. The average molecular weight is 349 g/mol. The van der Waals surface area contributed by atoms with Crippen LogP contribution in [0.1, 0.15) is 5.56 Å². The molecule has 1 aromatic heterocycles. The molecule has 1 heterocycles. The fourth-order valence-electron chi connectivity index (χ4n) is 2.01. The van der Waals surface area contributed by atoms with Crippen LogP contribution in [0.5, 0.6) is 11.6 Å². The zero-order chi connectivity index (χ0) is 13.9. The van der Waals surface area contributed by atoms with Crippen molar-refractivity contribution in [2.45, 2.75) is 5.88 Å². The Labute approximate surface area is 130 Å². The summed E-state index contributed by atoms with van der Waals surface area (Å²) in [5, 5.41) is 1.06. The van der Waals surface area contributed by atoms with Crippen LogP contribution in [0.3, 0.4) is 0 Å². The summed E-state index contributed by atoms with van der Waals surface area (Å²) in [4.78, 5) is 4.51. The van der Waals surface area contributed by atoms with E-state index in [0.717, 1.165) is 26.7 Å². The number of rotatable bonds is 3. The topological polar surface area (TPSA) is 22.1 Å². The van der Waals surface area contributed by atoms with Crippen molar-refractivity contribution in [1.82, 2.24) is 4.98 Å². The van der Waals surface area contributed by atoms with Gasteiger partial charge in [-0.15, -0.1) is 11.6 Å². The third kappa shape index (κ3) is 2.79. The van der Waals surface area contributed by atoms with Gasteiger partial charge < -0.3 is 4.74 Å². The number of hydrogen-bond donors (Lipinski definition) is 0. The zero-order valence-corrected chi connectivity index (χ0v) is 12.9. The van der Waals surface area contributed by atoms with Crippen molar-refractivity contribution >= 4 is 38.4 Å². The number of para-hydroxylation sites is 1. The van der Waals surface area contributed by atoms with Crippen LogP contribution in [-0.4, -0.2) is 4.98 Å². The Morgan fingerprint density at radius 1 is 1.05 bits per heavy atom. The minimum absolute atomic E-state index is 0.430. The van der Waals surface area contributed by atoms with Crippen LogP contribution < -0.4 is 4.74 Å². The molecule has 0 N–H and O–H groups in total. The SMILES string of the molecule is ClCc1cc(Oc2ccc(Br)cc2)nc2ccccc12. The van der Waals surface area contributed by atoms with Gasteiger partial charge in [-0.05, 0) is 35.9 Å². The van der Waals surface area contributed by atoms with Gasteiger partial charge >= 0.3 is 0 Å². The Bertz CT molecular complexity index is 743. The maximum atomic E-state index is 6.01. The molecule has 100 valence electrons. The van der Waals surface area contributed by atoms with E-state index in [2.05, 4.69) is 20.9 Å². The first-order chi connectivity index (χ1) is 9.76. The molecule has 0 saturated heterocycles. The van der Waals surface area contributed by atoms with E-state index in [9.17, 15) is 0 Å². The maximum absolute atomic E-state index is 6.01. The van der Waals surface area contributed by atoms with E-state index in [1.807, 2.05) is 54.6 Å². The van der Waals surface area contributed by atoms with Gasteiger partial charge in [0.1, 0.15) is 5.75 Å². The standard InChI is InChI=1S/C16H11BrClNO/c17-12-5-7-13(8-6-12)20-16-9-11(10-18)14-3-1-2-4-15(14)19-16/h1-9H,10H2. The van der Waals surface area contributed by atoms with Crippen LogP contribution in [0.4, 0.5) is 0 Å². The number of alkyl halides is 1. The van der Waals surface area contributed by atoms with Gasteiger partial charge in [0.15, 0.2) is 0 Å². The molecular weight excluding hydrogens is 338 g/mol. The highest BCUT2D eigenvalue weighted by molar-refractivity contribution is 9.10. The first-order valence-electron chi connectivity index (χ1n) is 6.14. The van der Waals surface area contributed by atoms with Crippen LogP contribution >= 0.6 is 27.5 Å². The zero-order valence-electron chi connectivity index (χ0n) is 10.5. The van der Waals surface area contributed by atoms with Crippen LogP contribution in [0, 0.1) is 0 Å². The van der Waals surface area contributed by atoms with Crippen LogP contribution in [0.15, 0.2) is 59.1 Å². The van der Waals surface area contributed by atoms with Gasteiger partial charge in [0.05, 0.1) is 5.52 Å². The molecule has 2 aromatic carbocycles. The Kier molecular flexibility index (Phi) is 3.90. The number of hydrogen-bond acceptors (Lipinski definition) is 2. The summed E-state index contributed by atoms with van der Waals surface area (Å²) in [7, 11) is 0. The van der Waals surface area contributed by atoms with Crippen molar-refractivity contribution in [1.29, 1.82) is 0 Å². The Morgan fingerprint density at radius 3 is 2.55 bits per heavy atom. The highest BCUT2D eigenvalue weighted by Crippen LogP contribution is 2.27. The highest BCUT2D eigenvalue weighted by atomic mass is 79.9. The maximum Gasteiger partial charge on any atom is 0.220 e. The van der Waals surface area contributed by atoms with E-state index in [1.165, 1.54) is 0 Å². The summed E-state index contributed by atoms with van der Waals surface area (Å²) in [5.74, 6) is 1.73. The lowest BCUT2D eigenvalue weighted by atomic mass is 10.1. The molecule has 0 saturated carbocycles. The van der Waals surface area contributed by atoms with Crippen molar-refractivity contribution in [2.75, 3.05) is 0 Å². The second kappa shape index (κ2) is 5.81. The van der Waals surface area contributed by atoms with Crippen molar-refractivity contribution in [3.8, 4) is 11.6 Å². The van der Waals surface area contributed by atoms with Crippen molar-refractivity contribution in [2.24, 2.45) is 0 Å². The molecular formula is C16H11BrClNO. The molecule has 0 amide bonds. The molecule has 0 fully saturated rings. The van der Waals surface area contributed by atoms with Gasteiger partial charge in [-0.2, -0.15) is 0 Å². The summed E-state index contributed by atoms with van der Waals surface area (Å²) >= 11 is 9.41. The predicted octanol–water partition coefficient (Wildman–Crippen LogP) is 5.53. The number of benzene rings is 2. The lowest BCUT2D eigenvalue weighted by Crippen LogP contribution is -1.92. The number of pyridine rings is 1. The molecule has 0 aliphatic rings. The monoisotopic (exact) mass is 347 g/mol. The van der Waals surface area contributed by atoms with Gasteiger partial charge in [0.25, 0.3) is 0 Å². The molecule has 3 rings (SSSR count). The molecule has 2 nitrogen and oxygen atoms in total. The molecule has 0 radical (unpaired) electrons. The van der Waals surface area contributed by atoms with Gasteiger partial charge in [-0.1, -0.05) is 34.1 Å². The minimum Gasteiger partial charge on any atom is -0.439 e. The molecule has 0 spiro atoms. The summed E-state index contributed by atoms with van der Waals surface area (Å²) in [6, 6.07) is 17.4. The summed E-state index contributed by atoms with van der Waals surface area (Å²) in [6.45, 7) is 0. The molecule has 3 aromatic rings. The van der Waals surface area contributed by atoms with E-state index in [-0.39, 0.29) is 0 Å². The summed E-state index contributed by atoms with van der Waals surface area (Å²) in [5.41, 5.74) is 1.90. The second-order valence-corrected chi connectivity index (χ2v) is 5.51. The summed E-state index contributed by atoms with van der Waals surface area (Å²) in [6.07, 6.45) is 0. The van der Waals surface area contributed by atoms with E-state index in [0.29, 0.717) is 11.8 Å². The molecule has 20 heavy (non-hydrogen) atoms. The fraction of sp³-hybridized carbons (Fsp3) is 0.0625. The van der Waals surface area contributed by atoms with Crippen LogP contribution in [0.25, 0.3) is 10.9 Å². The number of nitrogens with zero attached hydrogens (tertiary/aromatic N) is 1. The first kappa shape index (κ1) is 13.4. The Hall–Kier alpha value is -1.58. The third-order valence-electron chi connectivity index (χ3n) is 2.96. The van der Waals surface area contributed by atoms with Gasteiger partial charge in [-0.25, -0.2) is 4.98 Å². The fourth-order valence-corrected chi connectivity index (χ4v) is 2.49. The Balaban J connectivity index is 2.01. The highest BCUT2D eigenvalue weighted by Gasteiger charge is 2.06. The molecule has 0 bridgehead atoms.